The van der Waals surface area contributed by atoms with E-state index in [9.17, 15) is 4.79 Å². The molecule has 0 rings (SSSR count). The topological polar surface area (TPSA) is 50.1 Å². The smallest absolute Gasteiger partial charge is 0.311 e. The monoisotopic (exact) mass is 183 g/mol. The molecule has 3 nitrogen and oxygen atoms in total. The number of hydrogen-bond acceptors (Lipinski definition) is 3. The number of carbonyl (C=O) groups excluding carboxylic acids is 1. The number of hydrogen-bond donors (Lipinski definition) is 0. The fraction of sp³-hybridized carbons (Fsp3) is 0.800. The second-order valence-electron chi connectivity index (χ2n) is 4.00. The molecule has 0 aliphatic rings. The van der Waals surface area contributed by atoms with Gasteiger partial charge in [0, 0.05) is 6.42 Å². The highest BCUT2D eigenvalue weighted by atomic mass is 16.5. The van der Waals surface area contributed by atoms with Crippen LogP contribution in [0.25, 0.3) is 0 Å². The van der Waals surface area contributed by atoms with E-state index in [1.165, 1.54) is 0 Å². The molecule has 0 amide bonds. The molecular weight excluding hydrogens is 166 g/mol. The van der Waals surface area contributed by atoms with E-state index < -0.39 is 5.41 Å². The molecule has 0 saturated heterocycles. The molecule has 0 N–H and O–H groups in total. The maximum absolute atomic E-state index is 11.2. The third-order valence-corrected chi connectivity index (χ3v) is 1.53. The molecule has 0 atom stereocenters. The summed E-state index contributed by atoms with van der Waals surface area (Å²) in [6.07, 6.45) is 2.11. The van der Waals surface area contributed by atoms with E-state index in [2.05, 4.69) is 0 Å². The van der Waals surface area contributed by atoms with E-state index in [4.69, 9.17) is 10.00 Å². The lowest BCUT2D eigenvalue weighted by molar-refractivity contribution is -0.153. The number of unbranched alkanes of at least 4 members (excludes halogenated alkanes) is 2. The number of rotatable bonds is 4. The lowest BCUT2D eigenvalue weighted by Crippen LogP contribution is -2.23. The number of ether oxygens (including phenoxy) is 1. The minimum atomic E-state index is -0.421. The van der Waals surface area contributed by atoms with Crippen LogP contribution in [0.1, 0.15) is 40.0 Å². The lowest BCUT2D eigenvalue weighted by atomic mass is 9.97. The van der Waals surface area contributed by atoms with Crippen LogP contribution in [0.3, 0.4) is 0 Å². The molecule has 0 heterocycles. The van der Waals surface area contributed by atoms with Crippen molar-refractivity contribution in [2.24, 2.45) is 5.41 Å². The normalized spacial score (nSPS) is 10.6. The Morgan fingerprint density at radius 2 is 2.00 bits per heavy atom. The molecule has 0 fully saturated rings. The fourth-order valence-electron chi connectivity index (χ4n) is 0.687. The Kier molecular flexibility index (Phi) is 5.13. The largest absolute Gasteiger partial charge is 0.465 e. The van der Waals surface area contributed by atoms with Crippen molar-refractivity contribution in [3.8, 4) is 6.07 Å². The van der Waals surface area contributed by atoms with Gasteiger partial charge in [-0.2, -0.15) is 5.26 Å². The number of nitrogens with zero attached hydrogens (tertiary/aromatic N) is 1. The van der Waals surface area contributed by atoms with Gasteiger partial charge in [-0.3, -0.25) is 4.79 Å². The molecule has 0 saturated carbocycles. The summed E-state index contributed by atoms with van der Waals surface area (Å²) >= 11 is 0. The first-order valence-corrected chi connectivity index (χ1v) is 4.52. The molecule has 13 heavy (non-hydrogen) atoms. The van der Waals surface area contributed by atoms with Gasteiger partial charge in [0.05, 0.1) is 18.1 Å². The van der Waals surface area contributed by atoms with Crippen LogP contribution >= 0.6 is 0 Å². The molecule has 0 aromatic carbocycles. The zero-order valence-electron chi connectivity index (χ0n) is 8.59. The number of carbonyl (C=O) groups is 1. The van der Waals surface area contributed by atoms with Crippen LogP contribution in [0.2, 0.25) is 0 Å². The molecule has 0 aliphatic heterocycles. The summed E-state index contributed by atoms with van der Waals surface area (Å²) in [5.74, 6) is -0.176. The van der Waals surface area contributed by atoms with E-state index in [0.29, 0.717) is 13.0 Å². The van der Waals surface area contributed by atoms with Crippen molar-refractivity contribution in [1.29, 1.82) is 5.26 Å². The van der Waals surface area contributed by atoms with E-state index in [-0.39, 0.29) is 5.97 Å². The molecule has 0 aliphatic carbocycles. The van der Waals surface area contributed by atoms with Gasteiger partial charge in [0.15, 0.2) is 0 Å². The van der Waals surface area contributed by atoms with Crippen LogP contribution in [0.15, 0.2) is 0 Å². The lowest BCUT2D eigenvalue weighted by Gasteiger charge is -2.16. The Bertz CT molecular complexity index is 198. The van der Waals surface area contributed by atoms with Gasteiger partial charge < -0.3 is 4.74 Å². The summed E-state index contributed by atoms with van der Waals surface area (Å²) in [5, 5.41) is 8.25. The molecule has 0 unspecified atom stereocenters. The minimum absolute atomic E-state index is 0.176. The van der Waals surface area contributed by atoms with Gasteiger partial charge in [0.25, 0.3) is 0 Å². The standard InChI is InChI=1S/C10H17NO2/c1-10(2,3)9(12)13-8-6-4-5-7-11/h4-6,8H2,1-3H3. The number of nitriles is 1. The SMILES string of the molecule is CC(C)(C)C(=O)OCCCCC#N. The Morgan fingerprint density at radius 1 is 1.38 bits per heavy atom. The van der Waals surface area contributed by atoms with Crippen molar-refractivity contribution < 1.29 is 9.53 Å². The average Bonchev–Trinajstić information content (AvgIpc) is 2.02. The quantitative estimate of drug-likeness (QED) is 0.496. The first-order chi connectivity index (χ1) is 5.98. The van der Waals surface area contributed by atoms with Gasteiger partial charge in [-0.1, -0.05) is 0 Å². The predicted molar refractivity (Wildman–Crippen MR) is 49.9 cm³/mol. The van der Waals surface area contributed by atoms with Crippen LogP contribution < -0.4 is 0 Å². The maximum Gasteiger partial charge on any atom is 0.311 e. The van der Waals surface area contributed by atoms with Crippen LogP contribution in [-0.2, 0) is 9.53 Å². The van der Waals surface area contributed by atoms with E-state index in [0.717, 1.165) is 12.8 Å². The highest BCUT2D eigenvalue weighted by molar-refractivity contribution is 5.75. The van der Waals surface area contributed by atoms with Crippen LogP contribution in [-0.4, -0.2) is 12.6 Å². The highest BCUT2D eigenvalue weighted by Crippen LogP contribution is 2.15. The summed E-state index contributed by atoms with van der Waals surface area (Å²) in [6, 6.07) is 2.05. The van der Waals surface area contributed by atoms with Gasteiger partial charge >= 0.3 is 5.97 Å². The van der Waals surface area contributed by atoms with E-state index >= 15 is 0 Å². The van der Waals surface area contributed by atoms with Gasteiger partial charge in [-0.15, -0.1) is 0 Å². The van der Waals surface area contributed by atoms with Crippen LogP contribution in [0.5, 0.6) is 0 Å². The van der Waals surface area contributed by atoms with Gasteiger partial charge in [0.1, 0.15) is 0 Å². The van der Waals surface area contributed by atoms with Crippen molar-refractivity contribution in [3.63, 3.8) is 0 Å². The zero-order chi connectivity index (χ0) is 10.3. The van der Waals surface area contributed by atoms with E-state index in [1.54, 1.807) is 0 Å². The summed E-state index contributed by atoms with van der Waals surface area (Å²) in [4.78, 5) is 11.2. The molecule has 74 valence electrons. The predicted octanol–water partition coefficient (Wildman–Crippen LogP) is 2.27. The van der Waals surface area contributed by atoms with Gasteiger partial charge in [-0.25, -0.2) is 0 Å². The summed E-state index contributed by atoms with van der Waals surface area (Å²) in [5.41, 5.74) is -0.421. The second-order valence-corrected chi connectivity index (χ2v) is 4.00. The van der Waals surface area contributed by atoms with Crippen LogP contribution in [0.4, 0.5) is 0 Å². The third kappa shape index (κ3) is 6.15. The molecule has 0 aromatic heterocycles. The Morgan fingerprint density at radius 3 is 2.46 bits per heavy atom. The average molecular weight is 183 g/mol. The molecule has 0 spiro atoms. The summed E-state index contributed by atoms with van der Waals surface area (Å²) in [7, 11) is 0. The minimum Gasteiger partial charge on any atom is -0.465 e. The van der Waals surface area contributed by atoms with Crippen LogP contribution in [0, 0.1) is 16.7 Å². The maximum atomic E-state index is 11.2. The Hall–Kier alpha value is -1.04. The Balaban J connectivity index is 3.45. The molecule has 3 heteroatoms. The molecule has 0 bridgehead atoms. The number of esters is 1. The molecule has 0 aromatic rings. The molecule has 0 radical (unpaired) electrons. The van der Waals surface area contributed by atoms with Crippen molar-refractivity contribution in [2.75, 3.05) is 6.61 Å². The highest BCUT2D eigenvalue weighted by Gasteiger charge is 2.22. The van der Waals surface area contributed by atoms with Crippen molar-refractivity contribution in [3.05, 3.63) is 0 Å². The fourth-order valence-corrected chi connectivity index (χ4v) is 0.687. The first kappa shape index (κ1) is 12.0. The summed E-state index contributed by atoms with van der Waals surface area (Å²) in [6.45, 7) is 5.90. The Labute approximate surface area is 79.7 Å². The van der Waals surface area contributed by atoms with Gasteiger partial charge in [-0.05, 0) is 33.6 Å². The first-order valence-electron chi connectivity index (χ1n) is 4.52. The zero-order valence-corrected chi connectivity index (χ0v) is 8.59. The van der Waals surface area contributed by atoms with Gasteiger partial charge in [0.2, 0.25) is 0 Å². The molecular formula is C10H17NO2. The van der Waals surface area contributed by atoms with Crippen molar-refractivity contribution >= 4 is 5.97 Å². The third-order valence-electron chi connectivity index (χ3n) is 1.53. The van der Waals surface area contributed by atoms with Crippen molar-refractivity contribution in [2.45, 2.75) is 40.0 Å². The van der Waals surface area contributed by atoms with Crippen molar-refractivity contribution in [1.82, 2.24) is 0 Å². The summed E-state index contributed by atoms with van der Waals surface area (Å²) < 4.78 is 5.00. The van der Waals surface area contributed by atoms with E-state index in [1.807, 2.05) is 26.8 Å². The second kappa shape index (κ2) is 5.58.